The van der Waals surface area contributed by atoms with Gasteiger partial charge < -0.3 is 18.1 Å². The Morgan fingerprint density at radius 1 is 0.400 bits per heavy atom. The number of para-hydroxylation sites is 4. The summed E-state index contributed by atoms with van der Waals surface area (Å²) in [6.45, 7) is 0. The van der Waals surface area contributed by atoms with E-state index in [1.165, 1.54) is 0 Å². The molecule has 0 bridgehead atoms. The van der Waals surface area contributed by atoms with Gasteiger partial charge >= 0.3 is 15.6 Å². The molecule has 0 saturated carbocycles. The fraction of sp³-hybridized carbons (Fsp3) is 0. The second kappa shape index (κ2) is 14.1. The summed E-state index contributed by atoms with van der Waals surface area (Å²) in [6.07, 6.45) is 0. The normalized spacial score (nSPS) is 10.6. The summed E-state index contributed by atoms with van der Waals surface area (Å²) >= 11 is 0. The number of benzene rings is 4. The van der Waals surface area contributed by atoms with Gasteiger partial charge in [-0.15, -0.1) is 0 Å². The first-order valence-corrected chi connectivity index (χ1v) is 12.9. The summed E-state index contributed by atoms with van der Waals surface area (Å²) in [4.78, 5) is 19.1. The number of hydrogen-bond acceptors (Lipinski definition) is 6. The second-order valence-electron chi connectivity index (χ2n) is 6.55. The molecular formula is C24H22O8P2Pb. The van der Waals surface area contributed by atoms with Crippen molar-refractivity contribution in [2.75, 3.05) is 0 Å². The SMILES string of the molecule is O=P(O)(Oc1ccccc1)Oc1ccccc1.O=P(O)(Oc1ccccc1)Oc1ccccc1.[Pb]. The van der Waals surface area contributed by atoms with Crippen molar-refractivity contribution >= 4 is 42.9 Å². The molecule has 11 heteroatoms. The molecule has 4 radical (unpaired) electrons. The van der Waals surface area contributed by atoms with Crippen molar-refractivity contribution in [3.63, 3.8) is 0 Å². The molecule has 35 heavy (non-hydrogen) atoms. The van der Waals surface area contributed by atoms with Crippen LogP contribution in [-0.4, -0.2) is 37.1 Å². The van der Waals surface area contributed by atoms with Crippen LogP contribution in [0.2, 0.25) is 0 Å². The van der Waals surface area contributed by atoms with Crippen molar-refractivity contribution in [1.29, 1.82) is 0 Å². The molecule has 4 aromatic rings. The van der Waals surface area contributed by atoms with Gasteiger partial charge in [0, 0.05) is 27.3 Å². The molecule has 0 fully saturated rings. The fourth-order valence-electron chi connectivity index (χ4n) is 2.50. The smallest absolute Gasteiger partial charge is 0.395 e. The van der Waals surface area contributed by atoms with Gasteiger partial charge in [-0.2, -0.15) is 0 Å². The molecule has 0 aliphatic carbocycles. The zero-order valence-corrected chi connectivity index (χ0v) is 24.0. The molecule has 0 unspecified atom stereocenters. The average molecular weight is 708 g/mol. The Bertz CT molecular complexity index is 1040. The Morgan fingerprint density at radius 2 is 0.571 bits per heavy atom. The third-order valence-electron chi connectivity index (χ3n) is 3.86. The minimum Gasteiger partial charge on any atom is -0.395 e. The first-order valence-electron chi connectivity index (χ1n) is 9.95. The number of hydrogen-bond donors (Lipinski definition) is 2. The number of phosphoric acid groups is 2. The van der Waals surface area contributed by atoms with Crippen LogP contribution >= 0.6 is 15.6 Å². The van der Waals surface area contributed by atoms with E-state index >= 15 is 0 Å². The second-order valence-corrected chi connectivity index (χ2v) is 9.16. The summed E-state index contributed by atoms with van der Waals surface area (Å²) in [7, 11) is -8.27. The Labute approximate surface area is 223 Å². The van der Waals surface area contributed by atoms with Crippen molar-refractivity contribution in [3.8, 4) is 23.0 Å². The molecule has 0 saturated heterocycles. The number of phosphoric ester groups is 2. The molecule has 0 heterocycles. The monoisotopic (exact) mass is 708 g/mol. The van der Waals surface area contributed by atoms with E-state index in [4.69, 9.17) is 18.1 Å². The van der Waals surface area contributed by atoms with Crippen LogP contribution in [-0.2, 0) is 9.13 Å². The van der Waals surface area contributed by atoms with E-state index in [2.05, 4.69) is 0 Å². The maximum absolute atomic E-state index is 11.7. The summed E-state index contributed by atoms with van der Waals surface area (Å²) in [5.74, 6) is 1.15. The minimum atomic E-state index is -4.14. The van der Waals surface area contributed by atoms with Crippen molar-refractivity contribution in [3.05, 3.63) is 121 Å². The molecule has 4 aromatic carbocycles. The van der Waals surface area contributed by atoms with Gasteiger partial charge in [-0.05, 0) is 48.5 Å². The maximum Gasteiger partial charge on any atom is 0.584 e. The third-order valence-corrected chi connectivity index (χ3v) is 5.62. The molecule has 0 aromatic heterocycles. The van der Waals surface area contributed by atoms with Crippen LogP contribution in [0.3, 0.4) is 0 Å². The number of rotatable bonds is 8. The first kappa shape index (κ1) is 28.6. The zero-order valence-electron chi connectivity index (χ0n) is 18.3. The van der Waals surface area contributed by atoms with Crippen LogP contribution in [0.25, 0.3) is 0 Å². The van der Waals surface area contributed by atoms with Gasteiger partial charge in [0.25, 0.3) is 0 Å². The Kier molecular flexibility index (Phi) is 11.5. The molecule has 2 N–H and O–H groups in total. The molecule has 0 spiro atoms. The van der Waals surface area contributed by atoms with Crippen LogP contribution in [0.1, 0.15) is 0 Å². The summed E-state index contributed by atoms with van der Waals surface area (Å²) in [5, 5.41) is 0. The molecule has 180 valence electrons. The molecule has 0 aliphatic rings. The summed E-state index contributed by atoms with van der Waals surface area (Å²) in [6, 6.07) is 33.4. The molecule has 0 atom stereocenters. The largest absolute Gasteiger partial charge is 0.584 e. The predicted molar refractivity (Wildman–Crippen MR) is 134 cm³/mol. The van der Waals surface area contributed by atoms with Crippen LogP contribution in [0.5, 0.6) is 23.0 Å². The van der Waals surface area contributed by atoms with Crippen molar-refractivity contribution < 1.29 is 37.0 Å². The van der Waals surface area contributed by atoms with Crippen LogP contribution in [0.4, 0.5) is 0 Å². The predicted octanol–water partition coefficient (Wildman–Crippen LogP) is 6.11. The van der Waals surface area contributed by atoms with E-state index in [1.807, 2.05) is 0 Å². The molecule has 8 nitrogen and oxygen atoms in total. The van der Waals surface area contributed by atoms with E-state index < -0.39 is 15.6 Å². The van der Waals surface area contributed by atoms with Crippen LogP contribution < -0.4 is 18.1 Å². The fourth-order valence-corrected chi connectivity index (χ4v) is 4.12. The maximum atomic E-state index is 11.7. The van der Waals surface area contributed by atoms with E-state index in [-0.39, 0.29) is 50.3 Å². The standard InChI is InChI=1S/2C12H11O4P.Pb/c2*13-17(14,15-11-7-3-1-4-8-11)16-12-9-5-2-6-10-12;/h2*1-10H,(H,13,14);. The topological polar surface area (TPSA) is 112 Å². The summed E-state index contributed by atoms with van der Waals surface area (Å²) in [5.41, 5.74) is 0. The van der Waals surface area contributed by atoms with Gasteiger partial charge in [0.05, 0.1) is 0 Å². The van der Waals surface area contributed by atoms with E-state index in [0.717, 1.165) is 0 Å². The molecule has 0 aliphatic heterocycles. The van der Waals surface area contributed by atoms with Crippen molar-refractivity contribution in [2.24, 2.45) is 0 Å². The van der Waals surface area contributed by atoms with Crippen LogP contribution in [0, 0.1) is 0 Å². The Morgan fingerprint density at radius 3 is 0.743 bits per heavy atom. The van der Waals surface area contributed by atoms with Gasteiger partial charge in [0.2, 0.25) is 0 Å². The van der Waals surface area contributed by atoms with E-state index in [1.54, 1.807) is 121 Å². The minimum absolute atomic E-state index is 0. The zero-order chi connectivity index (χ0) is 24.3. The summed E-state index contributed by atoms with van der Waals surface area (Å²) < 4.78 is 42.9. The Balaban J connectivity index is 0.000000240. The van der Waals surface area contributed by atoms with Gasteiger partial charge in [-0.1, -0.05) is 72.8 Å². The van der Waals surface area contributed by atoms with Gasteiger partial charge in [-0.3, -0.25) is 9.79 Å². The van der Waals surface area contributed by atoms with Gasteiger partial charge in [0.1, 0.15) is 23.0 Å². The molecule has 4 rings (SSSR count). The Hall–Kier alpha value is -2.62. The molecule has 0 amide bonds. The van der Waals surface area contributed by atoms with E-state index in [9.17, 15) is 18.9 Å². The van der Waals surface area contributed by atoms with E-state index in [0.29, 0.717) is 0 Å². The van der Waals surface area contributed by atoms with Crippen molar-refractivity contribution in [1.82, 2.24) is 0 Å². The van der Waals surface area contributed by atoms with Crippen molar-refractivity contribution in [2.45, 2.75) is 0 Å². The molecular weight excluding hydrogens is 685 g/mol. The van der Waals surface area contributed by atoms with Crippen LogP contribution in [0.15, 0.2) is 121 Å². The average Bonchev–Trinajstić information content (AvgIpc) is 2.81. The quantitative estimate of drug-likeness (QED) is 0.167. The van der Waals surface area contributed by atoms with Gasteiger partial charge in [-0.25, -0.2) is 9.13 Å². The third kappa shape index (κ3) is 11.1. The van der Waals surface area contributed by atoms with Gasteiger partial charge in [0.15, 0.2) is 0 Å². The first-order chi connectivity index (χ1) is 16.3.